The van der Waals surface area contributed by atoms with Crippen molar-refractivity contribution in [2.24, 2.45) is 0 Å². The second-order valence-electron chi connectivity index (χ2n) is 4.69. The van der Waals surface area contributed by atoms with Crippen molar-refractivity contribution in [3.63, 3.8) is 0 Å². The summed E-state index contributed by atoms with van der Waals surface area (Å²) in [6, 6.07) is -0.519. The molecule has 6 nitrogen and oxygen atoms in total. The van der Waals surface area contributed by atoms with Crippen LogP contribution in [0.1, 0.15) is 26.7 Å². The fourth-order valence-electron chi connectivity index (χ4n) is 1.83. The minimum atomic E-state index is -1.02. The Morgan fingerprint density at radius 1 is 1.39 bits per heavy atom. The van der Waals surface area contributed by atoms with Gasteiger partial charge in [-0.25, -0.2) is 4.79 Å². The van der Waals surface area contributed by atoms with Gasteiger partial charge in [0, 0.05) is 34.4 Å². The van der Waals surface area contributed by atoms with Gasteiger partial charge in [0.05, 0.1) is 0 Å². The lowest BCUT2D eigenvalue weighted by Gasteiger charge is -2.29. The quantitative estimate of drug-likeness (QED) is 0.778. The van der Waals surface area contributed by atoms with Crippen LogP contribution < -0.4 is 5.32 Å². The van der Waals surface area contributed by atoms with Crippen LogP contribution >= 0.6 is 0 Å². The molecule has 0 aromatic heterocycles. The van der Waals surface area contributed by atoms with E-state index in [0.29, 0.717) is 24.3 Å². The van der Waals surface area contributed by atoms with Gasteiger partial charge < -0.3 is 15.3 Å². The molecule has 0 bridgehead atoms. The van der Waals surface area contributed by atoms with E-state index in [1.807, 2.05) is 0 Å². The van der Waals surface area contributed by atoms with Crippen LogP contribution in [0, 0.1) is 0 Å². The molecule has 104 valence electrons. The highest BCUT2D eigenvalue weighted by Gasteiger charge is 2.24. The summed E-state index contributed by atoms with van der Waals surface area (Å²) in [4.78, 5) is 23.9. The topological polar surface area (TPSA) is 86.7 Å². The number of rotatable bonds is 4. The molecule has 1 aliphatic rings. The van der Waals surface area contributed by atoms with E-state index in [9.17, 15) is 13.8 Å². The van der Waals surface area contributed by atoms with Crippen LogP contribution in [-0.2, 0) is 15.6 Å². The zero-order valence-electron chi connectivity index (χ0n) is 10.7. The molecule has 18 heavy (non-hydrogen) atoms. The Kier molecular flexibility index (Phi) is 5.58. The molecule has 1 aliphatic heterocycles. The van der Waals surface area contributed by atoms with Crippen molar-refractivity contribution in [1.82, 2.24) is 10.2 Å². The third-order valence-corrected chi connectivity index (χ3v) is 4.29. The predicted molar refractivity (Wildman–Crippen MR) is 68.9 cm³/mol. The number of carbonyl (C=O) groups is 2. The average Bonchev–Trinajstić information content (AvgIpc) is 2.28. The molecule has 1 heterocycles. The molecule has 0 aliphatic carbocycles. The summed E-state index contributed by atoms with van der Waals surface area (Å²) in [6.45, 7) is 3.25. The number of urea groups is 1. The Hall–Kier alpha value is -1.11. The van der Waals surface area contributed by atoms with Gasteiger partial charge in [-0.1, -0.05) is 0 Å². The first-order chi connectivity index (χ1) is 8.40. The van der Waals surface area contributed by atoms with Gasteiger partial charge in [0.15, 0.2) is 0 Å². The molecular weight excluding hydrogens is 256 g/mol. The molecular formula is C11H20N2O4S. The first-order valence-electron chi connectivity index (χ1n) is 6.04. The highest BCUT2D eigenvalue weighted by atomic mass is 32.2. The normalized spacial score (nSPS) is 23.7. The van der Waals surface area contributed by atoms with E-state index in [-0.39, 0.29) is 24.7 Å². The molecule has 0 atom stereocenters. The highest BCUT2D eigenvalue weighted by Crippen LogP contribution is 2.10. The fraction of sp³-hybridized carbons (Fsp3) is 0.818. The Morgan fingerprint density at radius 2 is 1.94 bits per heavy atom. The van der Waals surface area contributed by atoms with Crippen molar-refractivity contribution in [2.45, 2.75) is 38.8 Å². The second-order valence-corrected chi connectivity index (χ2v) is 6.38. The maximum Gasteiger partial charge on any atom is 0.323 e. The van der Waals surface area contributed by atoms with Crippen molar-refractivity contribution >= 4 is 22.8 Å². The lowest BCUT2D eigenvalue weighted by molar-refractivity contribution is -0.138. The van der Waals surface area contributed by atoms with Gasteiger partial charge in [0.2, 0.25) is 0 Å². The van der Waals surface area contributed by atoms with Crippen LogP contribution in [0.3, 0.4) is 0 Å². The average molecular weight is 276 g/mol. The number of carbonyl (C=O) groups excluding carboxylic acids is 1. The van der Waals surface area contributed by atoms with Gasteiger partial charge in [-0.3, -0.25) is 9.00 Å². The number of carboxylic acid groups (broad SMARTS) is 1. The fourth-order valence-corrected chi connectivity index (χ4v) is 3.13. The zero-order valence-corrected chi connectivity index (χ0v) is 11.5. The molecule has 1 rings (SSSR count). The summed E-state index contributed by atoms with van der Waals surface area (Å²) in [6.07, 6.45) is 1.38. The van der Waals surface area contributed by atoms with Crippen molar-refractivity contribution in [3.8, 4) is 0 Å². The number of amides is 2. The third kappa shape index (κ3) is 4.64. The van der Waals surface area contributed by atoms with Crippen LogP contribution in [0.25, 0.3) is 0 Å². The van der Waals surface area contributed by atoms with E-state index in [1.165, 1.54) is 4.90 Å². The maximum absolute atomic E-state index is 11.9. The third-order valence-electron chi connectivity index (χ3n) is 2.91. The van der Waals surface area contributed by atoms with Gasteiger partial charge in [0.1, 0.15) is 6.54 Å². The van der Waals surface area contributed by atoms with Gasteiger partial charge in [0.25, 0.3) is 0 Å². The lowest BCUT2D eigenvalue weighted by Crippen LogP contribution is -2.50. The Labute approximate surface area is 109 Å². The number of hydrogen-bond donors (Lipinski definition) is 2. The molecule has 2 amide bonds. The summed E-state index contributed by atoms with van der Waals surface area (Å²) in [5.41, 5.74) is 0. The smallest absolute Gasteiger partial charge is 0.323 e. The van der Waals surface area contributed by atoms with Gasteiger partial charge in [-0.2, -0.15) is 0 Å². The van der Waals surface area contributed by atoms with E-state index in [0.717, 1.165) is 0 Å². The first kappa shape index (κ1) is 14.9. The predicted octanol–water partition coefficient (Wildman–Crippen LogP) is 0.402. The Morgan fingerprint density at radius 3 is 2.39 bits per heavy atom. The molecule has 1 fully saturated rings. The number of nitrogens with zero attached hydrogens (tertiary/aromatic N) is 1. The number of aliphatic carboxylic acids is 1. The van der Waals surface area contributed by atoms with Crippen LogP contribution in [-0.4, -0.2) is 56.3 Å². The van der Waals surface area contributed by atoms with Crippen molar-refractivity contribution < 1.29 is 18.9 Å². The lowest BCUT2D eigenvalue weighted by atomic mass is 10.1. The molecule has 0 saturated carbocycles. The minimum absolute atomic E-state index is 0.00486. The number of nitrogens with one attached hydrogen (secondary N) is 1. The largest absolute Gasteiger partial charge is 0.480 e. The van der Waals surface area contributed by atoms with Gasteiger partial charge in [-0.05, 0) is 26.7 Å². The van der Waals surface area contributed by atoms with E-state index >= 15 is 0 Å². The summed E-state index contributed by atoms with van der Waals surface area (Å²) in [5, 5.41) is 11.6. The van der Waals surface area contributed by atoms with Crippen LogP contribution in [0.5, 0.6) is 0 Å². The Bertz CT molecular complexity index is 336. The standard InChI is InChI=1S/C11H20N2O4S/c1-8(2)13(7-10(14)15)11(16)12-9-3-5-18(17)6-4-9/h8-9H,3-7H2,1-2H3,(H,12,16)(H,14,15). The van der Waals surface area contributed by atoms with Gasteiger partial charge in [-0.15, -0.1) is 0 Å². The molecule has 2 N–H and O–H groups in total. The maximum atomic E-state index is 11.9. The molecule has 7 heteroatoms. The summed E-state index contributed by atoms with van der Waals surface area (Å²) < 4.78 is 11.2. The molecule has 0 unspecified atom stereocenters. The first-order valence-corrected chi connectivity index (χ1v) is 7.53. The van der Waals surface area contributed by atoms with Crippen LogP contribution in [0.2, 0.25) is 0 Å². The zero-order chi connectivity index (χ0) is 13.7. The number of carboxylic acids is 1. The van der Waals surface area contributed by atoms with Crippen molar-refractivity contribution in [1.29, 1.82) is 0 Å². The van der Waals surface area contributed by atoms with Gasteiger partial charge >= 0.3 is 12.0 Å². The summed E-state index contributed by atoms with van der Waals surface area (Å²) in [5.74, 6) is 0.181. The molecule has 0 radical (unpaired) electrons. The van der Waals surface area contributed by atoms with E-state index in [2.05, 4.69) is 5.32 Å². The molecule has 0 aromatic rings. The monoisotopic (exact) mass is 276 g/mol. The van der Waals surface area contributed by atoms with E-state index in [1.54, 1.807) is 13.8 Å². The summed E-state index contributed by atoms with van der Waals surface area (Å²) in [7, 11) is -0.763. The Balaban J connectivity index is 2.50. The van der Waals surface area contributed by atoms with E-state index in [4.69, 9.17) is 5.11 Å². The van der Waals surface area contributed by atoms with Crippen molar-refractivity contribution in [3.05, 3.63) is 0 Å². The van der Waals surface area contributed by atoms with E-state index < -0.39 is 16.8 Å². The molecule has 0 aromatic carbocycles. The SMILES string of the molecule is CC(C)N(CC(=O)O)C(=O)NC1CCS(=O)CC1. The summed E-state index contributed by atoms with van der Waals surface area (Å²) >= 11 is 0. The second kappa shape index (κ2) is 6.72. The van der Waals surface area contributed by atoms with Crippen LogP contribution in [0.15, 0.2) is 0 Å². The highest BCUT2D eigenvalue weighted by molar-refractivity contribution is 7.85. The molecule has 1 saturated heterocycles. The number of hydrogen-bond acceptors (Lipinski definition) is 3. The van der Waals surface area contributed by atoms with Crippen molar-refractivity contribution in [2.75, 3.05) is 18.1 Å². The minimum Gasteiger partial charge on any atom is -0.480 e. The van der Waals surface area contributed by atoms with Crippen LogP contribution in [0.4, 0.5) is 4.79 Å². The molecule has 0 spiro atoms.